The lowest BCUT2D eigenvalue weighted by atomic mass is 10.0. The zero-order valence-corrected chi connectivity index (χ0v) is 11.9. The van der Waals surface area contributed by atoms with Crippen molar-refractivity contribution in [1.82, 2.24) is 0 Å². The van der Waals surface area contributed by atoms with Gasteiger partial charge in [0, 0.05) is 0 Å². The fourth-order valence-electron chi connectivity index (χ4n) is 2.04. The van der Waals surface area contributed by atoms with E-state index in [0.717, 1.165) is 5.92 Å². The van der Waals surface area contributed by atoms with Gasteiger partial charge in [-0.2, -0.15) is 0 Å². The van der Waals surface area contributed by atoms with E-state index in [1.807, 2.05) is 0 Å². The van der Waals surface area contributed by atoms with Crippen molar-refractivity contribution in [2.75, 3.05) is 0 Å². The van der Waals surface area contributed by atoms with Crippen LogP contribution in [-0.2, 0) is 0 Å². The van der Waals surface area contributed by atoms with E-state index in [1.165, 1.54) is 70.6 Å². The zero-order valence-electron chi connectivity index (χ0n) is 11.9. The van der Waals surface area contributed by atoms with Crippen molar-refractivity contribution < 1.29 is 5.48 Å². The predicted molar refractivity (Wildman–Crippen MR) is 74.9 cm³/mol. The Labute approximate surface area is 103 Å². The molecule has 0 atom stereocenters. The SMILES string of the molecule is CCCCCCCCCCCCC(C)C.O. The monoisotopic (exact) mass is 230 g/mol. The summed E-state index contributed by atoms with van der Waals surface area (Å²) in [6.45, 7) is 6.94. The molecule has 1 heteroatoms. The van der Waals surface area contributed by atoms with Gasteiger partial charge < -0.3 is 5.48 Å². The van der Waals surface area contributed by atoms with Gasteiger partial charge in [0.15, 0.2) is 0 Å². The minimum Gasteiger partial charge on any atom is -0.412 e. The molecule has 0 fully saturated rings. The molecular weight excluding hydrogens is 196 g/mol. The second-order valence-electron chi connectivity index (χ2n) is 5.36. The number of hydrogen-bond acceptors (Lipinski definition) is 0. The van der Waals surface area contributed by atoms with Crippen LogP contribution in [0.25, 0.3) is 0 Å². The zero-order chi connectivity index (χ0) is 11.4. The van der Waals surface area contributed by atoms with Crippen LogP contribution in [0.5, 0.6) is 0 Å². The van der Waals surface area contributed by atoms with E-state index in [0.29, 0.717) is 0 Å². The van der Waals surface area contributed by atoms with Crippen LogP contribution in [0.2, 0.25) is 0 Å². The van der Waals surface area contributed by atoms with Crippen LogP contribution in [0, 0.1) is 5.92 Å². The summed E-state index contributed by atoms with van der Waals surface area (Å²) in [6, 6.07) is 0. The van der Waals surface area contributed by atoms with Gasteiger partial charge >= 0.3 is 0 Å². The van der Waals surface area contributed by atoms with Crippen LogP contribution in [0.4, 0.5) is 0 Å². The maximum Gasteiger partial charge on any atom is -0.0471 e. The molecule has 1 nitrogen and oxygen atoms in total. The highest BCUT2D eigenvalue weighted by atomic mass is 16.0. The van der Waals surface area contributed by atoms with Crippen LogP contribution in [-0.4, -0.2) is 5.48 Å². The van der Waals surface area contributed by atoms with Crippen molar-refractivity contribution in [3.63, 3.8) is 0 Å². The molecule has 2 N–H and O–H groups in total. The smallest absolute Gasteiger partial charge is 0.0471 e. The highest BCUT2D eigenvalue weighted by Gasteiger charge is 1.94. The number of hydrogen-bond donors (Lipinski definition) is 0. The minimum atomic E-state index is 0. The van der Waals surface area contributed by atoms with E-state index in [2.05, 4.69) is 20.8 Å². The first-order chi connectivity index (χ1) is 7.27. The van der Waals surface area contributed by atoms with Crippen molar-refractivity contribution in [2.24, 2.45) is 5.92 Å². The average Bonchev–Trinajstić information content (AvgIpc) is 2.20. The van der Waals surface area contributed by atoms with Gasteiger partial charge in [0.05, 0.1) is 0 Å². The largest absolute Gasteiger partial charge is 0.412 e. The molecule has 0 saturated carbocycles. The molecule has 0 saturated heterocycles. The lowest BCUT2D eigenvalue weighted by Gasteiger charge is -2.04. The summed E-state index contributed by atoms with van der Waals surface area (Å²) in [5.74, 6) is 0.902. The Morgan fingerprint density at radius 3 is 1.38 bits per heavy atom. The quantitative estimate of drug-likeness (QED) is 0.441. The van der Waals surface area contributed by atoms with E-state index < -0.39 is 0 Å². The summed E-state index contributed by atoms with van der Waals surface area (Å²) >= 11 is 0. The second-order valence-corrected chi connectivity index (χ2v) is 5.36. The summed E-state index contributed by atoms with van der Waals surface area (Å²) < 4.78 is 0. The van der Waals surface area contributed by atoms with Gasteiger partial charge in [-0.25, -0.2) is 0 Å². The van der Waals surface area contributed by atoms with E-state index in [9.17, 15) is 0 Å². The second kappa shape index (κ2) is 15.0. The first-order valence-corrected chi connectivity index (χ1v) is 7.27. The first-order valence-electron chi connectivity index (χ1n) is 7.27. The van der Waals surface area contributed by atoms with E-state index >= 15 is 0 Å². The van der Waals surface area contributed by atoms with Crippen molar-refractivity contribution in [1.29, 1.82) is 0 Å². The third-order valence-corrected chi connectivity index (χ3v) is 3.14. The van der Waals surface area contributed by atoms with Gasteiger partial charge in [-0.3, -0.25) is 0 Å². The molecule has 100 valence electrons. The Morgan fingerprint density at radius 1 is 0.625 bits per heavy atom. The van der Waals surface area contributed by atoms with E-state index in [1.54, 1.807) is 0 Å². The summed E-state index contributed by atoms with van der Waals surface area (Å²) in [7, 11) is 0. The van der Waals surface area contributed by atoms with Crippen LogP contribution in [0.1, 0.15) is 91.4 Å². The molecule has 0 heterocycles. The van der Waals surface area contributed by atoms with Crippen molar-refractivity contribution in [3.05, 3.63) is 0 Å². The molecule has 0 aliphatic rings. The van der Waals surface area contributed by atoms with E-state index in [-0.39, 0.29) is 5.48 Å². The highest BCUT2D eigenvalue weighted by Crippen LogP contribution is 2.13. The molecule has 0 rings (SSSR count). The third-order valence-electron chi connectivity index (χ3n) is 3.14. The minimum absolute atomic E-state index is 0. The molecule has 0 aromatic heterocycles. The summed E-state index contributed by atoms with van der Waals surface area (Å²) in [5, 5.41) is 0. The van der Waals surface area contributed by atoms with Crippen molar-refractivity contribution >= 4 is 0 Å². The molecule has 0 amide bonds. The van der Waals surface area contributed by atoms with Gasteiger partial charge in [-0.05, 0) is 5.92 Å². The van der Waals surface area contributed by atoms with Crippen LogP contribution >= 0.6 is 0 Å². The maximum atomic E-state index is 2.33. The lowest BCUT2D eigenvalue weighted by Crippen LogP contribution is -1.87. The molecule has 0 radical (unpaired) electrons. The van der Waals surface area contributed by atoms with Crippen LogP contribution < -0.4 is 0 Å². The molecule has 0 aliphatic heterocycles. The molecule has 0 aromatic rings. The van der Waals surface area contributed by atoms with Crippen LogP contribution in [0.15, 0.2) is 0 Å². The summed E-state index contributed by atoms with van der Waals surface area (Å²) in [5.41, 5.74) is 0. The van der Waals surface area contributed by atoms with Gasteiger partial charge in [0.25, 0.3) is 0 Å². The third kappa shape index (κ3) is 16.4. The Bertz CT molecular complexity index is 110. The Hall–Kier alpha value is -0.0400. The molecular formula is C15H34O. The van der Waals surface area contributed by atoms with Gasteiger partial charge in [-0.1, -0.05) is 91.4 Å². The topological polar surface area (TPSA) is 31.5 Å². The first kappa shape index (κ1) is 18.3. The maximum absolute atomic E-state index is 2.33. The number of unbranched alkanes of at least 4 members (excludes halogenated alkanes) is 9. The van der Waals surface area contributed by atoms with E-state index in [4.69, 9.17) is 0 Å². The lowest BCUT2D eigenvalue weighted by molar-refractivity contribution is 0.505. The Kier molecular flexibility index (Phi) is 17.1. The van der Waals surface area contributed by atoms with Crippen LogP contribution in [0.3, 0.4) is 0 Å². The van der Waals surface area contributed by atoms with Crippen molar-refractivity contribution in [2.45, 2.75) is 91.4 Å². The molecule has 0 unspecified atom stereocenters. The predicted octanol–water partition coefficient (Wildman–Crippen LogP) is 5.13. The average molecular weight is 230 g/mol. The molecule has 0 aromatic carbocycles. The highest BCUT2D eigenvalue weighted by molar-refractivity contribution is 4.49. The van der Waals surface area contributed by atoms with Crippen molar-refractivity contribution in [3.8, 4) is 0 Å². The van der Waals surface area contributed by atoms with Gasteiger partial charge in [0.2, 0.25) is 0 Å². The normalized spacial score (nSPS) is 10.5. The molecule has 16 heavy (non-hydrogen) atoms. The number of rotatable bonds is 11. The molecule has 0 spiro atoms. The molecule has 0 bridgehead atoms. The standard InChI is InChI=1S/C15H32.H2O/c1-4-5-6-7-8-9-10-11-12-13-14-15(2)3;/h15H,4-14H2,1-3H3;1H2. The van der Waals surface area contributed by atoms with Gasteiger partial charge in [0.1, 0.15) is 0 Å². The fraction of sp³-hybridized carbons (Fsp3) is 1.00. The summed E-state index contributed by atoms with van der Waals surface area (Å²) in [6.07, 6.45) is 16.0. The fourth-order valence-corrected chi connectivity index (χ4v) is 2.04. The summed E-state index contributed by atoms with van der Waals surface area (Å²) in [4.78, 5) is 0. The van der Waals surface area contributed by atoms with Gasteiger partial charge in [-0.15, -0.1) is 0 Å². The Morgan fingerprint density at radius 2 is 1.00 bits per heavy atom. The Balaban J connectivity index is 0. The molecule has 0 aliphatic carbocycles.